The van der Waals surface area contributed by atoms with Crippen molar-refractivity contribution in [2.45, 2.75) is 26.3 Å². The van der Waals surface area contributed by atoms with E-state index in [9.17, 15) is 26.4 Å². The normalized spacial score (nSPS) is 11.8. The Labute approximate surface area is 172 Å². The van der Waals surface area contributed by atoms with Crippen molar-refractivity contribution in [3.8, 4) is 11.5 Å². The summed E-state index contributed by atoms with van der Waals surface area (Å²) in [5, 5.41) is 2.44. The number of ether oxygens (including phenoxy) is 2. The zero-order chi connectivity index (χ0) is 22.5. The molecular weight excluding hydrogens is 425 g/mol. The number of nitrogens with zero attached hydrogens (tertiary/aromatic N) is 1. The number of carbonyl (C=O) groups excluding carboxylic acids is 1. The molecule has 7 nitrogen and oxygen atoms in total. The molecule has 0 bridgehead atoms. The number of halogens is 3. The van der Waals surface area contributed by atoms with E-state index in [0.717, 1.165) is 22.7 Å². The molecule has 30 heavy (non-hydrogen) atoms. The number of alkyl halides is 3. The molecule has 0 saturated heterocycles. The average Bonchev–Trinajstić information content (AvgIpc) is 2.60. The second-order valence-electron chi connectivity index (χ2n) is 6.55. The van der Waals surface area contributed by atoms with E-state index in [1.165, 1.54) is 24.3 Å². The molecule has 0 spiro atoms. The fourth-order valence-corrected chi connectivity index (χ4v) is 3.29. The van der Waals surface area contributed by atoms with Crippen molar-refractivity contribution in [3.63, 3.8) is 0 Å². The lowest BCUT2D eigenvalue weighted by Crippen LogP contribution is -2.37. The van der Waals surface area contributed by atoms with Gasteiger partial charge in [0, 0.05) is 5.69 Å². The third-order valence-corrected chi connectivity index (χ3v) is 4.70. The Balaban J connectivity index is 2.09. The van der Waals surface area contributed by atoms with E-state index in [4.69, 9.17) is 4.74 Å². The van der Waals surface area contributed by atoms with Crippen LogP contribution in [0.25, 0.3) is 0 Å². The monoisotopic (exact) mass is 446 g/mol. The number of nitrogens with one attached hydrogen (secondary N) is 1. The van der Waals surface area contributed by atoms with Gasteiger partial charge in [0.2, 0.25) is 15.9 Å². The van der Waals surface area contributed by atoms with Crippen LogP contribution in [0.4, 0.5) is 24.5 Å². The van der Waals surface area contributed by atoms with Gasteiger partial charge in [0.15, 0.2) is 0 Å². The Bertz CT molecular complexity index is 959. The summed E-state index contributed by atoms with van der Waals surface area (Å²) in [6.07, 6.45) is -3.92. The molecule has 0 radical (unpaired) electrons. The van der Waals surface area contributed by atoms with Crippen LogP contribution in [0.2, 0.25) is 0 Å². The summed E-state index contributed by atoms with van der Waals surface area (Å²) in [7, 11) is -3.78. The highest BCUT2D eigenvalue weighted by atomic mass is 32.2. The van der Waals surface area contributed by atoms with Crippen LogP contribution in [0.3, 0.4) is 0 Å². The van der Waals surface area contributed by atoms with Gasteiger partial charge in [0.25, 0.3) is 0 Å². The highest BCUT2D eigenvalue weighted by Crippen LogP contribution is 2.25. The van der Waals surface area contributed by atoms with Gasteiger partial charge in [0.1, 0.15) is 18.0 Å². The van der Waals surface area contributed by atoms with Gasteiger partial charge >= 0.3 is 6.36 Å². The molecule has 2 aromatic carbocycles. The van der Waals surface area contributed by atoms with Gasteiger partial charge in [-0.15, -0.1) is 13.2 Å². The molecule has 0 aromatic heterocycles. The summed E-state index contributed by atoms with van der Waals surface area (Å²) < 4.78 is 71.0. The average molecular weight is 446 g/mol. The number of anilines is 2. The summed E-state index contributed by atoms with van der Waals surface area (Å²) in [4.78, 5) is 12.3. The minimum Gasteiger partial charge on any atom is -0.491 e. The topological polar surface area (TPSA) is 84.9 Å². The second-order valence-corrected chi connectivity index (χ2v) is 8.46. The number of sulfonamides is 1. The molecule has 0 fully saturated rings. The van der Waals surface area contributed by atoms with Gasteiger partial charge in [-0.05, 0) is 62.4 Å². The first kappa shape index (κ1) is 23.3. The van der Waals surface area contributed by atoms with Crippen LogP contribution in [-0.2, 0) is 14.8 Å². The number of hydrogen-bond donors (Lipinski definition) is 1. The van der Waals surface area contributed by atoms with Gasteiger partial charge in [-0.1, -0.05) is 0 Å². The van der Waals surface area contributed by atoms with Crippen molar-refractivity contribution in [1.82, 2.24) is 0 Å². The lowest BCUT2D eigenvalue weighted by atomic mass is 10.3. The molecule has 0 unspecified atom stereocenters. The third-order valence-electron chi connectivity index (χ3n) is 3.56. The zero-order valence-corrected chi connectivity index (χ0v) is 17.3. The van der Waals surface area contributed by atoms with Gasteiger partial charge in [-0.2, -0.15) is 0 Å². The van der Waals surface area contributed by atoms with E-state index in [-0.39, 0.29) is 17.5 Å². The van der Waals surface area contributed by atoms with Crippen molar-refractivity contribution >= 4 is 27.3 Å². The number of carbonyl (C=O) groups is 1. The first-order valence-electron chi connectivity index (χ1n) is 8.73. The number of rotatable bonds is 8. The standard InChI is InChI=1S/C19H21F3N2O5S/c1-13(2)28-16-10-6-15(7-11-16)24(30(3,26)27)12-18(25)23-14-4-8-17(9-5-14)29-19(20,21)22/h4-11,13H,12H2,1-3H3,(H,23,25). The van der Waals surface area contributed by atoms with Crippen molar-refractivity contribution in [2.75, 3.05) is 22.4 Å². The fourth-order valence-electron chi connectivity index (χ4n) is 2.43. The van der Waals surface area contributed by atoms with Crippen LogP contribution < -0.4 is 19.1 Å². The Morgan fingerprint density at radius 3 is 2.03 bits per heavy atom. The lowest BCUT2D eigenvalue weighted by Gasteiger charge is -2.22. The molecule has 0 atom stereocenters. The maximum atomic E-state index is 12.3. The molecular formula is C19H21F3N2O5S. The van der Waals surface area contributed by atoms with Gasteiger partial charge in [-0.3, -0.25) is 9.10 Å². The third kappa shape index (κ3) is 7.47. The van der Waals surface area contributed by atoms with E-state index in [2.05, 4.69) is 10.1 Å². The summed E-state index contributed by atoms with van der Waals surface area (Å²) in [5.74, 6) is -0.567. The van der Waals surface area contributed by atoms with E-state index >= 15 is 0 Å². The molecule has 164 valence electrons. The van der Waals surface area contributed by atoms with Crippen LogP contribution in [0, 0.1) is 0 Å². The fraction of sp³-hybridized carbons (Fsp3) is 0.316. The number of amides is 1. The first-order valence-corrected chi connectivity index (χ1v) is 10.6. The minimum absolute atomic E-state index is 0.0550. The summed E-state index contributed by atoms with van der Waals surface area (Å²) >= 11 is 0. The smallest absolute Gasteiger partial charge is 0.491 e. The van der Waals surface area contributed by atoms with Crippen molar-refractivity contribution in [3.05, 3.63) is 48.5 Å². The molecule has 0 heterocycles. The number of hydrogen-bond acceptors (Lipinski definition) is 5. The highest BCUT2D eigenvalue weighted by molar-refractivity contribution is 7.92. The molecule has 0 aliphatic rings. The predicted molar refractivity (Wildman–Crippen MR) is 106 cm³/mol. The van der Waals surface area contributed by atoms with Crippen LogP contribution in [0.5, 0.6) is 11.5 Å². The Kier molecular flexibility index (Phi) is 7.19. The lowest BCUT2D eigenvalue weighted by molar-refractivity contribution is -0.274. The zero-order valence-electron chi connectivity index (χ0n) is 16.4. The molecule has 0 aliphatic carbocycles. The van der Waals surface area contributed by atoms with Gasteiger partial charge in [-0.25, -0.2) is 8.42 Å². The summed E-state index contributed by atoms with van der Waals surface area (Å²) in [6, 6.07) is 10.7. The van der Waals surface area contributed by atoms with Crippen LogP contribution in [-0.4, -0.2) is 39.6 Å². The second kappa shape index (κ2) is 9.24. The maximum Gasteiger partial charge on any atom is 0.573 e. The Hall–Kier alpha value is -2.95. The van der Waals surface area contributed by atoms with E-state index in [0.29, 0.717) is 5.75 Å². The Morgan fingerprint density at radius 1 is 1.03 bits per heavy atom. The summed E-state index contributed by atoms with van der Waals surface area (Å²) in [5.41, 5.74) is 0.446. The summed E-state index contributed by atoms with van der Waals surface area (Å²) in [6.45, 7) is 3.18. The molecule has 11 heteroatoms. The molecule has 0 aliphatic heterocycles. The molecule has 2 rings (SSSR count). The van der Waals surface area contributed by atoms with Crippen molar-refractivity contribution in [1.29, 1.82) is 0 Å². The molecule has 2 aromatic rings. The van der Waals surface area contributed by atoms with Crippen LogP contribution in [0.1, 0.15) is 13.8 Å². The Morgan fingerprint density at radius 2 is 1.57 bits per heavy atom. The first-order chi connectivity index (χ1) is 13.8. The van der Waals surface area contributed by atoms with Crippen LogP contribution >= 0.6 is 0 Å². The van der Waals surface area contributed by atoms with Crippen LogP contribution in [0.15, 0.2) is 48.5 Å². The molecule has 0 saturated carbocycles. The number of benzene rings is 2. The highest BCUT2D eigenvalue weighted by Gasteiger charge is 2.31. The van der Waals surface area contributed by atoms with Crippen molar-refractivity contribution < 1.29 is 35.9 Å². The van der Waals surface area contributed by atoms with Crippen molar-refractivity contribution in [2.24, 2.45) is 0 Å². The van der Waals surface area contributed by atoms with Gasteiger partial charge < -0.3 is 14.8 Å². The molecule has 1 N–H and O–H groups in total. The molecule has 1 amide bonds. The minimum atomic E-state index is -4.82. The quantitative estimate of drug-likeness (QED) is 0.667. The maximum absolute atomic E-state index is 12.3. The van der Waals surface area contributed by atoms with E-state index < -0.39 is 34.6 Å². The van der Waals surface area contributed by atoms with E-state index in [1.54, 1.807) is 12.1 Å². The largest absolute Gasteiger partial charge is 0.573 e. The SMILES string of the molecule is CC(C)Oc1ccc(N(CC(=O)Nc2ccc(OC(F)(F)F)cc2)S(C)(=O)=O)cc1. The van der Waals surface area contributed by atoms with E-state index in [1.807, 2.05) is 13.8 Å². The predicted octanol–water partition coefficient (Wildman–Crippen LogP) is 3.78. The van der Waals surface area contributed by atoms with Gasteiger partial charge in [0.05, 0.1) is 18.0 Å².